The Morgan fingerprint density at radius 2 is 1.06 bits per heavy atom. The Morgan fingerprint density at radius 3 is 1.62 bits per heavy atom. The van der Waals surface area contributed by atoms with Crippen molar-refractivity contribution in [3.63, 3.8) is 0 Å². The molecule has 0 unspecified atom stereocenters. The molecule has 316 valence electrons. The molecule has 0 saturated heterocycles. The molecule has 8 aromatic carbocycles. The maximum Gasteiger partial charge on any atom is 0.261 e. The van der Waals surface area contributed by atoms with Crippen molar-refractivity contribution in [1.29, 1.82) is 0 Å². The number of hydrogen-bond donors (Lipinski definition) is 0. The minimum atomic E-state index is -0.543. The Kier molecular flexibility index (Phi) is 11.1. The number of amides is 1. The molecule has 11 nitrogen and oxygen atoms in total. The van der Waals surface area contributed by atoms with E-state index in [9.17, 15) is 18.4 Å². The molecule has 8 aromatic rings. The fourth-order valence-corrected chi connectivity index (χ4v) is 7.93. The van der Waals surface area contributed by atoms with Gasteiger partial charge in [-0.1, -0.05) is 84.9 Å². The van der Waals surface area contributed by atoms with Gasteiger partial charge in [-0.2, -0.15) is 10.2 Å². The van der Waals surface area contributed by atoms with Gasteiger partial charge in [0.05, 0.1) is 42.5 Å². The average Bonchev–Trinajstić information content (AvgIpc) is 3.60. The monoisotopic (exact) mass is 852 g/mol. The third-order valence-electron chi connectivity index (χ3n) is 11.1. The second kappa shape index (κ2) is 17.3. The summed E-state index contributed by atoms with van der Waals surface area (Å²) in [6, 6.07) is 41.6. The molecule has 0 saturated carbocycles. The topological polar surface area (TPSA) is 118 Å². The number of ether oxygens (including phenoxy) is 2. The fourth-order valence-electron chi connectivity index (χ4n) is 7.93. The van der Waals surface area contributed by atoms with Gasteiger partial charge in [0.2, 0.25) is 0 Å². The third kappa shape index (κ3) is 7.58. The van der Waals surface area contributed by atoms with Crippen LogP contribution < -0.4 is 19.4 Å². The van der Waals surface area contributed by atoms with Crippen molar-refractivity contribution in [2.24, 2.45) is 20.5 Å². The Balaban J connectivity index is 0.998. The second-order valence-corrected chi connectivity index (χ2v) is 14.9. The van der Waals surface area contributed by atoms with Gasteiger partial charge >= 0.3 is 0 Å². The van der Waals surface area contributed by atoms with E-state index in [0.717, 1.165) is 21.9 Å². The van der Waals surface area contributed by atoms with Crippen LogP contribution in [0.15, 0.2) is 166 Å². The van der Waals surface area contributed by atoms with E-state index in [2.05, 4.69) is 20.5 Å². The number of anilines is 2. The van der Waals surface area contributed by atoms with E-state index in [0.29, 0.717) is 56.0 Å². The zero-order chi connectivity index (χ0) is 44.5. The number of carbonyl (C=O) groups excluding carboxylic acids is 2. The first kappa shape index (κ1) is 41.2. The van der Waals surface area contributed by atoms with E-state index in [4.69, 9.17) is 14.3 Å². The summed E-state index contributed by atoms with van der Waals surface area (Å²) in [5, 5.41) is 22.8. The molecular weight excluding hydrogens is 815 g/mol. The molecule has 0 N–H and O–H groups in total. The standard InChI is InChI=1S/C51H38F2N6O5/c1-58(44-19-11-9-17-42(44)52)51(61)41-26-31-14-6-8-16-36(31)47(50(41)63-4)57-55-34-22-24-38-37-23-21-33(27-39(37)48(60)40(38)28-34)54-56-46-35-15-7-5-13-30(35)25-32(49(46)62-3)29-64-59(2)45-20-12-10-18-43(45)53/h5-28H,29H2,1-4H3. The maximum atomic E-state index is 14.7. The summed E-state index contributed by atoms with van der Waals surface area (Å²) in [5.74, 6) is -1.07. The van der Waals surface area contributed by atoms with Gasteiger partial charge < -0.3 is 14.4 Å². The van der Waals surface area contributed by atoms with Crippen LogP contribution in [0.1, 0.15) is 31.8 Å². The van der Waals surface area contributed by atoms with Crippen LogP contribution in [0.2, 0.25) is 0 Å². The van der Waals surface area contributed by atoms with Gasteiger partial charge in [-0.3, -0.25) is 19.5 Å². The number of ketones is 1. The van der Waals surface area contributed by atoms with Crippen molar-refractivity contribution in [2.75, 3.05) is 38.3 Å². The molecule has 0 aliphatic heterocycles. The van der Waals surface area contributed by atoms with Gasteiger partial charge in [0.25, 0.3) is 5.91 Å². The number of rotatable bonds is 12. The minimum absolute atomic E-state index is 0.0549. The Bertz CT molecular complexity index is 3230. The van der Waals surface area contributed by atoms with E-state index < -0.39 is 17.5 Å². The molecule has 9 rings (SSSR count). The van der Waals surface area contributed by atoms with E-state index in [-0.39, 0.29) is 35.1 Å². The molecule has 0 radical (unpaired) electrons. The van der Waals surface area contributed by atoms with Crippen molar-refractivity contribution in [3.8, 4) is 22.6 Å². The lowest BCUT2D eigenvalue weighted by Crippen LogP contribution is -2.27. The molecule has 1 aliphatic carbocycles. The SMILES string of the molecule is COc1c(CON(C)c2ccccc2F)cc2ccccc2c1N=Nc1ccc2c(c1)C(=O)c1cc(N=Nc3c(OC)c(C(=O)N(C)c4ccccc4F)cc4ccccc34)ccc1-2. The number of hydrogen-bond acceptors (Lipinski definition) is 10. The molecule has 64 heavy (non-hydrogen) atoms. The summed E-state index contributed by atoms with van der Waals surface area (Å²) in [5.41, 5.74) is 5.21. The van der Waals surface area contributed by atoms with Gasteiger partial charge in [-0.05, 0) is 82.6 Å². The van der Waals surface area contributed by atoms with Gasteiger partial charge in [0.15, 0.2) is 17.3 Å². The molecule has 0 fully saturated rings. The smallest absolute Gasteiger partial charge is 0.261 e. The van der Waals surface area contributed by atoms with Crippen LogP contribution >= 0.6 is 0 Å². The Labute approximate surface area is 366 Å². The first-order valence-corrected chi connectivity index (χ1v) is 20.1. The fraction of sp³-hybridized carbons (Fsp3) is 0.0980. The number of carbonyl (C=O) groups is 2. The summed E-state index contributed by atoms with van der Waals surface area (Å²) >= 11 is 0. The Hall–Kier alpha value is -8.16. The number of nitrogens with zero attached hydrogens (tertiary/aromatic N) is 6. The van der Waals surface area contributed by atoms with Crippen molar-refractivity contribution in [3.05, 3.63) is 179 Å². The summed E-state index contributed by atoms with van der Waals surface area (Å²) < 4.78 is 40.9. The highest BCUT2D eigenvalue weighted by molar-refractivity contribution is 6.22. The van der Waals surface area contributed by atoms with E-state index in [1.165, 1.54) is 49.4 Å². The van der Waals surface area contributed by atoms with Crippen molar-refractivity contribution >= 4 is 67.4 Å². The van der Waals surface area contributed by atoms with Crippen LogP contribution in [0.4, 0.5) is 42.9 Å². The van der Waals surface area contributed by atoms with Crippen LogP contribution in [0.25, 0.3) is 32.7 Å². The number of hydroxylamine groups is 1. The first-order chi connectivity index (χ1) is 31.1. The average molecular weight is 853 g/mol. The highest BCUT2D eigenvalue weighted by atomic mass is 19.1. The number of methoxy groups -OCH3 is 2. The van der Waals surface area contributed by atoms with Gasteiger partial charge in [-0.25, -0.2) is 8.78 Å². The lowest BCUT2D eigenvalue weighted by Gasteiger charge is -2.21. The van der Waals surface area contributed by atoms with E-state index in [1.54, 1.807) is 67.7 Å². The number of halogens is 2. The molecule has 0 atom stereocenters. The first-order valence-electron chi connectivity index (χ1n) is 20.1. The van der Waals surface area contributed by atoms with E-state index in [1.807, 2.05) is 66.7 Å². The Morgan fingerprint density at radius 1 is 0.562 bits per heavy atom. The maximum absolute atomic E-state index is 14.7. The molecule has 13 heteroatoms. The summed E-state index contributed by atoms with van der Waals surface area (Å²) in [7, 11) is 6.10. The van der Waals surface area contributed by atoms with Gasteiger partial charge in [-0.15, -0.1) is 10.2 Å². The summed E-state index contributed by atoms with van der Waals surface area (Å²) in [6.07, 6.45) is 0. The minimum Gasteiger partial charge on any atom is -0.494 e. The number of para-hydroxylation sites is 2. The number of benzene rings is 8. The second-order valence-electron chi connectivity index (χ2n) is 14.9. The van der Waals surface area contributed by atoms with Gasteiger partial charge in [0, 0.05) is 41.6 Å². The predicted octanol–water partition coefficient (Wildman–Crippen LogP) is 13.2. The van der Waals surface area contributed by atoms with Crippen molar-refractivity contribution in [1.82, 2.24) is 0 Å². The third-order valence-corrected chi connectivity index (χ3v) is 11.1. The largest absolute Gasteiger partial charge is 0.494 e. The van der Waals surface area contributed by atoms with Crippen LogP contribution in [0.5, 0.6) is 11.5 Å². The predicted molar refractivity (Wildman–Crippen MR) is 243 cm³/mol. The van der Waals surface area contributed by atoms with Crippen LogP contribution in [0, 0.1) is 11.6 Å². The lowest BCUT2D eigenvalue weighted by atomic mass is 10.0. The van der Waals surface area contributed by atoms with Crippen molar-refractivity contribution < 1.29 is 32.7 Å². The summed E-state index contributed by atoms with van der Waals surface area (Å²) in [4.78, 5) is 35.1. The highest BCUT2D eigenvalue weighted by Crippen LogP contribution is 2.45. The molecule has 0 heterocycles. The highest BCUT2D eigenvalue weighted by Gasteiger charge is 2.28. The van der Waals surface area contributed by atoms with Crippen LogP contribution in [0.3, 0.4) is 0 Å². The summed E-state index contributed by atoms with van der Waals surface area (Å²) in [6.45, 7) is 0.0549. The van der Waals surface area contributed by atoms with Crippen LogP contribution in [-0.4, -0.2) is 40.0 Å². The van der Waals surface area contributed by atoms with Crippen LogP contribution in [-0.2, 0) is 11.4 Å². The van der Waals surface area contributed by atoms with E-state index >= 15 is 0 Å². The zero-order valence-electron chi connectivity index (χ0n) is 35.0. The molecule has 0 spiro atoms. The number of fused-ring (bicyclic) bond motifs is 5. The normalized spacial score (nSPS) is 12.0. The van der Waals surface area contributed by atoms with Crippen molar-refractivity contribution in [2.45, 2.75) is 6.61 Å². The van der Waals surface area contributed by atoms with Gasteiger partial charge in [0.1, 0.15) is 29.6 Å². The molecule has 0 aromatic heterocycles. The molecule has 0 bridgehead atoms. The lowest BCUT2D eigenvalue weighted by molar-refractivity contribution is 0.0988. The molecule has 1 amide bonds. The molecular formula is C51H38F2N6O5. The zero-order valence-corrected chi connectivity index (χ0v) is 35.0. The quantitative estimate of drug-likeness (QED) is 0.0892. The number of azo groups is 2. The molecule has 1 aliphatic rings.